The molecule has 3 heteroatoms. The summed E-state index contributed by atoms with van der Waals surface area (Å²) in [5.41, 5.74) is 1.20. The van der Waals surface area contributed by atoms with E-state index in [-0.39, 0.29) is 12.0 Å². The highest BCUT2D eigenvalue weighted by molar-refractivity contribution is 5.83. The van der Waals surface area contributed by atoms with E-state index in [1.54, 1.807) is 0 Å². The van der Waals surface area contributed by atoms with Crippen LogP contribution in [0.25, 0.3) is 10.8 Å². The quantitative estimate of drug-likeness (QED) is 0.837. The van der Waals surface area contributed by atoms with Crippen LogP contribution in [-0.2, 0) is 9.53 Å². The Morgan fingerprint density at radius 2 is 1.95 bits per heavy atom. The lowest BCUT2D eigenvalue weighted by Gasteiger charge is -2.16. The average molecular weight is 257 g/mol. The lowest BCUT2D eigenvalue weighted by molar-refractivity contribution is -0.140. The molecule has 1 unspecified atom stereocenters. The molecule has 0 fully saturated rings. The summed E-state index contributed by atoms with van der Waals surface area (Å²) in [5.74, 6) is -0.166. The van der Waals surface area contributed by atoms with Gasteiger partial charge in [-0.25, -0.2) is 0 Å². The van der Waals surface area contributed by atoms with Crippen molar-refractivity contribution in [3.8, 4) is 0 Å². The van der Waals surface area contributed by atoms with Crippen LogP contribution in [0.3, 0.4) is 0 Å². The zero-order valence-corrected chi connectivity index (χ0v) is 11.3. The van der Waals surface area contributed by atoms with E-state index in [1.165, 1.54) is 23.4 Å². The smallest absolute Gasteiger partial charge is 0.305 e. The van der Waals surface area contributed by atoms with Gasteiger partial charge in [-0.3, -0.25) is 4.79 Å². The molecule has 0 aliphatic heterocycles. The van der Waals surface area contributed by atoms with E-state index in [2.05, 4.69) is 40.4 Å². The van der Waals surface area contributed by atoms with Gasteiger partial charge < -0.3 is 10.1 Å². The summed E-state index contributed by atoms with van der Waals surface area (Å²) in [5, 5.41) is 5.71. The van der Waals surface area contributed by atoms with Crippen LogP contribution in [-0.4, -0.2) is 20.1 Å². The van der Waals surface area contributed by atoms with E-state index >= 15 is 0 Å². The van der Waals surface area contributed by atoms with Gasteiger partial charge in [0.1, 0.15) is 0 Å². The van der Waals surface area contributed by atoms with Crippen LogP contribution in [0, 0.1) is 0 Å². The van der Waals surface area contributed by atoms with Crippen LogP contribution in [0.4, 0.5) is 0 Å². The van der Waals surface area contributed by atoms with Gasteiger partial charge in [0.2, 0.25) is 0 Å². The zero-order chi connectivity index (χ0) is 13.7. The molecular weight excluding hydrogens is 238 g/mol. The lowest BCUT2D eigenvalue weighted by Crippen LogP contribution is -2.17. The van der Waals surface area contributed by atoms with Gasteiger partial charge in [0, 0.05) is 12.5 Å². The largest absolute Gasteiger partial charge is 0.469 e. The van der Waals surface area contributed by atoms with Crippen LogP contribution in [0.1, 0.15) is 24.4 Å². The minimum absolute atomic E-state index is 0.166. The minimum Gasteiger partial charge on any atom is -0.469 e. The van der Waals surface area contributed by atoms with Crippen molar-refractivity contribution in [3.05, 3.63) is 48.0 Å². The second-order valence-corrected chi connectivity index (χ2v) is 4.56. The summed E-state index contributed by atoms with van der Waals surface area (Å²) in [6.45, 7) is 0. The summed E-state index contributed by atoms with van der Waals surface area (Å²) in [6.07, 6.45) is 1.16. The lowest BCUT2D eigenvalue weighted by atomic mass is 9.99. The molecule has 2 aromatic carbocycles. The molecule has 19 heavy (non-hydrogen) atoms. The molecular formula is C16H19NO2. The van der Waals surface area contributed by atoms with Gasteiger partial charge in [-0.2, -0.15) is 0 Å². The van der Waals surface area contributed by atoms with Crippen molar-refractivity contribution < 1.29 is 9.53 Å². The first kappa shape index (κ1) is 13.6. The van der Waals surface area contributed by atoms with E-state index in [4.69, 9.17) is 0 Å². The van der Waals surface area contributed by atoms with Crippen LogP contribution in [0.15, 0.2) is 42.5 Å². The topological polar surface area (TPSA) is 38.3 Å². The van der Waals surface area contributed by atoms with Gasteiger partial charge in [-0.15, -0.1) is 0 Å². The Kier molecular flexibility index (Phi) is 4.53. The predicted octanol–water partition coefficient (Wildman–Crippen LogP) is 3.05. The minimum atomic E-state index is -0.166. The highest BCUT2D eigenvalue weighted by Crippen LogP contribution is 2.23. The average Bonchev–Trinajstić information content (AvgIpc) is 2.47. The van der Waals surface area contributed by atoms with Gasteiger partial charge in [-0.05, 0) is 35.9 Å². The molecule has 0 bridgehead atoms. The van der Waals surface area contributed by atoms with Crippen LogP contribution in [0.5, 0.6) is 0 Å². The van der Waals surface area contributed by atoms with E-state index in [0.29, 0.717) is 6.42 Å². The van der Waals surface area contributed by atoms with Crippen LogP contribution in [0.2, 0.25) is 0 Å². The number of hydrogen-bond acceptors (Lipinski definition) is 3. The Labute approximate surface area is 113 Å². The second-order valence-electron chi connectivity index (χ2n) is 4.56. The molecule has 3 nitrogen and oxygen atoms in total. The van der Waals surface area contributed by atoms with Gasteiger partial charge in [0.05, 0.1) is 7.11 Å². The SMILES string of the molecule is CNC(CCC(=O)OC)c1ccc2ccccc2c1. The van der Waals surface area contributed by atoms with E-state index in [0.717, 1.165) is 6.42 Å². The van der Waals surface area contributed by atoms with Crippen molar-refractivity contribution in [2.24, 2.45) is 0 Å². The normalized spacial score (nSPS) is 12.3. The number of benzene rings is 2. The van der Waals surface area contributed by atoms with Crippen LogP contribution < -0.4 is 5.32 Å². The fourth-order valence-corrected chi connectivity index (χ4v) is 2.27. The standard InChI is InChI=1S/C16H19NO2/c1-17-15(9-10-16(18)19-2)14-8-7-12-5-3-4-6-13(12)11-14/h3-8,11,15,17H,9-10H2,1-2H3. The van der Waals surface area contributed by atoms with Gasteiger partial charge in [-0.1, -0.05) is 36.4 Å². The number of ether oxygens (including phenoxy) is 1. The highest BCUT2D eigenvalue weighted by Gasteiger charge is 2.12. The highest BCUT2D eigenvalue weighted by atomic mass is 16.5. The Morgan fingerprint density at radius 1 is 1.21 bits per heavy atom. The molecule has 0 saturated carbocycles. The number of rotatable bonds is 5. The third-order valence-corrected chi connectivity index (χ3v) is 3.39. The zero-order valence-electron chi connectivity index (χ0n) is 11.3. The summed E-state index contributed by atoms with van der Waals surface area (Å²) in [6, 6.07) is 14.8. The maximum Gasteiger partial charge on any atom is 0.305 e. The first-order chi connectivity index (χ1) is 9.24. The Balaban J connectivity index is 2.18. The Hall–Kier alpha value is -1.87. The van der Waals surface area contributed by atoms with Gasteiger partial charge in [0.25, 0.3) is 0 Å². The van der Waals surface area contributed by atoms with E-state index in [9.17, 15) is 4.79 Å². The maximum atomic E-state index is 11.2. The van der Waals surface area contributed by atoms with E-state index in [1.807, 2.05) is 19.2 Å². The monoisotopic (exact) mass is 257 g/mol. The number of hydrogen-bond donors (Lipinski definition) is 1. The molecule has 0 saturated heterocycles. The van der Waals surface area contributed by atoms with Gasteiger partial charge in [0.15, 0.2) is 0 Å². The third-order valence-electron chi connectivity index (χ3n) is 3.39. The maximum absolute atomic E-state index is 11.2. The van der Waals surface area contributed by atoms with Crippen molar-refractivity contribution >= 4 is 16.7 Å². The first-order valence-electron chi connectivity index (χ1n) is 6.47. The predicted molar refractivity (Wildman–Crippen MR) is 77.0 cm³/mol. The van der Waals surface area contributed by atoms with Crippen molar-refractivity contribution in [2.75, 3.05) is 14.2 Å². The summed E-state index contributed by atoms with van der Waals surface area (Å²) in [4.78, 5) is 11.2. The molecule has 0 aromatic heterocycles. The molecule has 1 atom stereocenters. The molecule has 0 spiro atoms. The number of esters is 1. The fourth-order valence-electron chi connectivity index (χ4n) is 2.27. The Morgan fingerprint density at radius 3 is 2.63 bits per heavy atom. The number of methoxy groups -OCH3 is 1. The first-order valence-corrected chi connectivity index (χ1v) is 6.47. The number of nitrogens with one attached hydrogen (secondary N) is 1. The van der Waals surface area contributed by atoms with Crippen molar-refractivity contribution in [2.45, 2.75) is 18.9 Å². The molecule has 100 valence electrons. The van der Waals surface area contributed by atoms with E-state index < -0.39 is 0 Å². The summed E-state index contributed by atoms with van der Waals surface area (Å²) >= 11 is 0. The van der Waals surface area contributed by atoms with Crippen molar-refractivity contribution in [1.82, 2.24) is 5.32 Å². The third kappa shape index (κ3) is 3.32. The summed E-state index contributed by atoms with van der Waals surface area (Å²) in [7, 11) is 3.34. The molecule has 0 aliphatic rings. The summed E-state index contributed by atoms with van der Waals surface area (Å²) < 4.78 is 4.68. The molecule has 2 rings (SSSR count). The van der Waals surface area contributed by atoms with Gasteiger partial charge >= 0.3 is 5.97 Å². The number of carbonyl (C=O) groups is 1. The van der Waals surface area contributed by atoms with Crippen molar-refractivity contribution in [3.63, 3.8) is 0 Å². The molecule has 0 radical (unpaired) electrons. The molecule has 0 aliphatic carbocycles. The number of fused-ring (bicyclic) bond motifs is 1. The van der Waals surface area contributed by atoms with Crippen LogP contribution >= 0.6 is 0 Å². The molecule has 0 amide bonds. The Bertz CT molecular complexity index is 565. The number of carbonyl (C=O) groups excluding carboxylic acids is 1. The fraction of sp³-hybridized carbons (Fsp3) is 0.312. The molecule has 0 heterocycles. The molecule has 1 N–H and O–H groups in total. The van der Waals surface area contributed by atoms with Crippen molar-refractivity contribution in [1.29, 1.82) is 0 Å². The second kappa shape index (κ2) is 6.34. The molecule has 2 aromatic rings.